The van der Waals surface area contributed by atoms with E-state index in [2.05, 4.69) is 9.97 Å². The van der Waals surface area contributed by atoms with Gasteiger partial charge in [0.25, 0.3) is 10.0 Å². The molecule has 11 heteroatoms. The van der Waals surface area contributed by atoms with Gasteiger partial charge in [0.2, 0.25) is 0 Å². The van der Waals surface area contributed by atoms with Crippen molar-refractivity contribution < 1.29 is 30.4 Å². The molecule has 148 valence electrons. The summed E-state index contributed by atoms with van der Waals surface area (Å²) in [5.74, 6) is -3.36. The number of hydrogen-bond donors (Lipinski definition) is 2. The van der Waals surface area contributed by atoms with Crippen LogP contribution >= 0.6 is 0 Å². The third-order valence-corrected chi connectivity index (χ3v) is 5.18. The summed E-state index contributed by atoms with van der Waals surface area (Å²) in [5, 5.41) is 0. The predicted molar refractivity (Wildman–Crippen MR) is 90.9 cm³/mol. The molecule has 2 aromatic heterocycles. The summed E-state index contributed by atoms with van der Waals surface area (Å²) in [5.41, 5.74) is -1.17. The molecule has 0 aliphatic carbocycles. The number of aryl methyl sites for hydroxylation is 1. The average Bonchev–Trinajstić information content (AvgIpc) is 3.08. The largest absolute Gasteiger partial charge is 0.419 e. The van der Waals surface area contributed by atoms with E-state index in [0.29, 0.717) is 11.4 Å². The Bertz CT molecular complexity index is 1140. The summed E-state index contributed by atoms with van der Waals surface area (Å²) in [4.78, 5) is 6.51. The van der Waals surface area contributed by atoms with Crippen LogP contribution in [0.15, 0.2) is 47.6 Å². The Labute approximate surface area is 156 Å². The molecule has 5 nitrogen and oxygen atoms in total. The molecule has 0 radical (unpaired) electrons. The smallest absolute Gasteiger partial charge is 0.359 e. The highest BCUT2D eigenvalue weighted by Crippen LogP contribution is 2.34. The summed E-state index contributed by atoms with van der Waals surface area (Å²) in [6.45, 7) is 1.76. The third-order valence-electron chi connectivity index (χ3n) is 3.84. The van der Waals surface area contributed by atoms with Crippen LogP contribution in [0.3, 0.4) is 0 Å². The van der Waals surface area contributed by atoms with E-state index < -0.39 is 39.1 Å². The number of halogens is 5. The molecule has 2 heterocycles. The van der Waals surface area contributed by atoms with Crippen LogP contribution in [-0.2, 0) is 16.2 Å². The molecule has 0 aliphatic rings. The first-order valence-corrected chi connectivity index (χ1v) is 9.17. The van der Waals surface area contributed by atoms with E-state index >= 15 is 0 Å². The highest BCUT2D eigenvalue weighted by atomic mass is 32.2. The Morgan fingerprint density at radius 3 is 2.46 bits per heavy atom. The molecule has 0 saturated heterocycles. The number of alkyl halides is 3. The van der Waals surface area contributed by atoms with E-state index in [0.717, 1.165) is 11.8 Å². The van der Waals surface area contributed by atoms with Crippen LogP contribution in [0, 0.1) is 18.6 Å². The van der Waals surface area contributed by atoms with Crippen LogP contribution in [0.2, 0.25) is 0 Å². The van der Waals surface area contributed by atoms with Crippen LogP contribution in [-0.4, -0.2) is 18.4 Å². The maximum atomic E-state index is 13.9. The van der Waals surface area contributed by atoms with Crippen molar-refractivity contribution in [2.24, 2.45) is 0 Å². The predicted octanol–water partition coefficient (Wildman–Crippen LogP) is 4.48. The molecular formula is C17H12F5N3O2S. The fraction of sp³-hybridized carbons (Fsp3) is 0.118. The Morgan fingerprint density at radius 1 is 1.11 bits per heavy atom. The fourth-order valence-corrected chi connectivity index (χ4v) is 3.53. The zero-order chi connectivity index (χ0) is 20.7. The number of H-pyrrole nitrogens is 1. The molecule has 0 amide bonds. The monoisotopic (exact) mass is 417 g/mol. The van der Waals surface area contributed by atoms with E-state index in [1.165, 1.54) is 12.3 Å². The minimum Gasteiger partial charge on any atom is -0.359 e. The Kier molecular flexibility index (Phi) is 4.88. The summed E-state index contributed by atoms with van der Waals surface area (Å²) in [6.07, 6.45) is -2.50. The molecule has 28 heavy (non-hydrogen) atoms. The molecular weight excluding hydrogens is 405 g/mol. The maximum absolute atomic E-state index is 13.9. The molecule has 0 fully saturated rings. The summed E-state index contributed by atoms with van der Waals surface area (Å²) >= 11 is 0. The number of pyridine rings is 1. The molecule has 2 N–H and O–H groups in total. The van der Waals surface area contributed by atoms with Gasteiger partial charge in [-0.3, -0.25) is 9.71 Å². The van der Waals surface area contributed by atoms with Crippen molar-refractivity contribution in [1.29, 1.82) is 0 Å². The topological polar surface area (TPSA) is 74.8 Å². The van der Waals surface area contributed by atoms with Crippen LogP contribution in [0.5, 0.6) is 0 Å². The van der Waals surface area contributed by atoms with Gasteiger partial charge in [-0.1, -0.05) is 6.07 Å². The lowest BCUT2D eigenvalue weighted by Gasteiger charge is -2.12. The van der Waals surface area contributed by atoms with Gasteiger partial charge in [-0.15, -0.1) is 0 Å². The number of benzene rings is 1. The molecule has 0 atom stereocenters. The molecule has 3 aromatic rings. The van der Waals surface area contributed by atoms with Gasteiger partial charge in [-0.25, -0.2) is 17.2 Å². The van der Waals surface area contributed by atoms with Crippen molar-refractivity contribution in [1.82, 2.24) is 9.97 Å². The first kappa shape index (κ1) is 19.8. The second-order valence-electron chi connectivity index (χ2n) is 5.83. The summed E-state index contributed by atoms with van der Waals surface area (Å²) in [7, 11) is -4.40. The average molecular weight is 417 g/mol. The molecule has 3 rings (SSSR count). The number of aromatic nitrogens is 2. The van der Waals surface area contributed by atoms with Gasteiger partial charge in [0.05, 0.1) is 22.6 Å². The standard InChI is InChI=1S/C17H12F5N3O2S/c1-9-3-2-4-23-16(9)15-5-10(8-24-15)28(26,27)25-14-7-12(18)11(6-13(14)19)17(20,21)22/h2-8,24-25H,1H3. The number of aromatic amines is 1. The molecule has 0 bridgehead atoms. The van der Waals surface area contributed by atoms with E-state index in [1.807, 2.05) is 0 Å². The molecule has 0 unspecified atom stereocenters. The number of sulfonamides is 1. The number of anilines is 1. The van der Waals surface area contributed by atoms with Crippen molar-refractivity contribution in [2.75, 3.05) is 4.72 Å². The number of nitrogens with one attached hydrogen (secondary N) is 2. The molecule has 0 spiro atoms. The lowest BCUT2D eigenvalue weighted by Crippen LogP contribution is -2.15. The van der Waals surface area contributed by atoms with Gasteiger partial charge in [-0.05, 0) is 30.7 Å². The Balaban J connectivity index is 1.93. The van der Waals surface area contributed by atoms with Crippen molar-refractivity contribution in [3.05, 3.63) is 65.5 Å². The molecule has 0 aliphatic heterocycles. The van der Waals surface area contributed by atoms with Crippen molar-refractivity contribution in [3.63, 3.8) is 0 Å². The van der Waals surface area contributed by atoms with Crippen LogP contribution < -0.4 is 4.72 Å². The zero-order valence-corrected chi connectivity index (χ0v) is 14.9. The molecule has 0 saturated carbocycles. The SMILES string of the molecule is Cc1cccnc1-c1cc(S(=O)(=O)Nc2cc(F)c(C(F)(F)F)cc2F)c[nH]1. The molecule has 1 aromatic carbocycles. The Morgan fingerprint density at radius 2 is 1.82 bits per heavy atom. The van der Waals surface area contributed by atoms with Crippen LogP contribution in [0.25, 0.3) is 11.4 Å². The normalized spacial score (nSPS) is 12.2. The van der Waals surface area contributed by atoms with Crippen molar-refractivity contribution >= 4 is 15.7 Å². The van der Waals surface area contributed by atoms with E-state index in [4.69, 9.17) is 0 Å². The highest BCUT2D eigenvalue weighted by Gasteiger charge is 2.35. The summed E-state index contributed by atoms with van der Waals surface area (Å²) < 4.78 is 91.9. The van der Waals surface area contributed by atoms with Crippen LogP contribution in [0.4, 0.5) is 27.6 Å². The maximum Gasteiger partial charge on any atom is 0.419 e. The van der Waals surface area contributed by atoms with E-state index in [-0.39, 0.29) is 17.0 Å². The first-order valence-electron chi connectivity index (χ1n) is 7.68. The minimum absolute atomic E-state index is 0.104. The zero-order valence-electron chi connectivity index (χ0n) is 14.1. The lowest BCUT2D eigenvalue weighted by molar-refractivity contribution is -0.140. The van der Waals surface area contributed by atoms with E-state index in [1.54, 1.807) is 23.8 Å². The third kappa shape index (κ3) is 3.84. The van der Waals surface area contributed by atoms with Gasteiger partial charge >= 0.3 is 6.18 Å². The van der Waals surface area contributed by atoms with Gasteiger partial charge in [0.1, 0.15) is 16.5 Å². The summed E-state index contributed by atoms with van der Waals surface area (Å²) in [6, 6.07) is 4.72. The number of rotatable bonds is 4. The van der Waals surface area contributed by atoms with E-state index in [9.17, 15) is 30.4 Å². The highest BCUT2D eigenvalue weighted by molar-refractivity contribution is 7.92. The Hall–Kier alpha value is -2.95. The van der Waals surface area contributed by atoms with Gasteiger partial charge in [-0.2, -0.15) is 13.2 Å². The first-order chi connectivity index (χ1) is 13.0. The second-order valence-corrected chi connectivity index (χ2v) is 7.52. The van der Waals surface area contributed by atoms with Crippen molar-refractivity contribution in [3.8, 4) is 11.4 Å². The number of nitrogens with zero attached hydrogens (tertiary/aromatic N) is 1. The van der Waals surface area contributed by atoms with Gasteiger partial charge < -0.3 is 4.98 Å². The number of hydrogen-bond acceptors (Lipinski definition) is 3. The fourth-order valence-electron chi connectivity index (χ4n) is 2.48. The minimum atomic E-state index is -5.11. The van der Waals surface area contributed by atoms with Gasteiger partial charge in [0, 0.05) is 18.5 Å². The van der Waals surface area contributed by atoms with Gasteiger partial charge in [0.15, 0.2) is 0 Å². The lowest BCUT2D eigenvalue weighted by atomic mass is 10.2. The van der Waals surface area contributed by atoms with Crippen molar-refractivity contribution in [2.45, 2.75) is 18.0 Å². The second kappa shape index (κ2) is 6.89. The van der Waals surface area contributed by atoms with Crippen LogP contribution in [0.1, 0.15) is 11.1 Å². The quantitative estimate of drug-likeness (QED) is 0.615.